The zero-order valence-electron chi connectivity index (χ0n) is 24.4. The highest BCUT2D eigenvalue weighted by atomic mass is 32.1. The number of nitriles is 1. The van der Waals surface area contributed by atoms with E-state index in [2.05, 4.69) is 20.2 Å². The van der Waals surface area contributed by atoms with Gasteiger partial charge in [-0.05, 0) is 71.8 Å². The number of carbonyl (C=O) groups excluding carboxylic acids is 1. The fourth-order valence-electron chi connectivity index (χ4n) is 5.41. The maximum atomic E-state index is 16.4. The second kappa shape index (κ2) is 11.4. The van der Waals surface area contributed by atoms with Gasteiger partial charge in [-0.1, -0.05) is 6.07 Å². The van der Waals surface area contributed by atoms with Gasteiger partial charge in [0.2, 0.25) is 0 Å². The highest BCUT2D eigenvalue weighted by Gasteiger charge is 2.38. The average molecular weight is 634 g/mol. The van der Waals surface area contributed by atoms with E-state index in [4.69, 9.17) is 9.47 Å². The zero-order valence-corrected chi connectivity index (χ0v) is 25.2. The van der Waals surface area contributed by atoms with Crippen molar-refractivity contribution in [2.75, 3.05) is 18.9 Å². The van der Waals surface area contributed by atoms with Crippen molar-refractivity contribution in [3.8, 4) is 23.2 Å². The molecule has 2 aromatic carbocycles. The SMILES string of the molecule is C[C@H](Oc1ncc2cc(C(F)(F)F)c(-c3ccc(F)c4sc(NC(=O)OC(C)(C)C)c(C#N)c34)c(F)c2n1)[C@@H]1CCCN1C. The molecule has 0 unspecified atom stereocenters. The number of aromatic nitrogens is 2. The number of carbonyl (C=O) groups is 1. The summed E-state index contributed by atoms with van der Waals surface area (Å²) in [5.41, 5.74) is -4.40. The lowest BCUT2D eigenvalue weighted by Gasteiger charge is -2.25. The Hall–Kier alpha value is -4.09. The van der Waals surface area contributed by atoms with E-state index in [1.807, 2.05) is 20.0 Å². The number of hydrogen-bond donors (Lipinski definition) is 1. The average Bonchev–Trinajstić information content (AvgIpc) is 3.51. The van der Waals surface area contributed by atoms with Gasteiger partial charge < -0.3 is 9.47 Å². The van der Waals surface area contributed by atoms with Crippen molar-refractivity contribution >= 4 is 43.4 Å². The number of anilines is 1. The summed E-state index contributed by atoms with van der Waals surface area (Å²) >= 11 is 0.620. The first-order valence-corrected chi connectivity index (χ1v) is 14.5. The van der Waals surface area contributed by atoms with E-state index in [9.17, 15) is 23.2 Å². The van der Waals surface area contributed by atoms with Gasteiger partial charge in [0.25, 0.3) is 0 Å². The molecule has 2 atom stereocenters. The molecule has 1 amide bonds. The van der Waals surface area contributed by atoms with Crippen molar-refractivity contribution in [1.82, 2.24) is 14.9 Å². The number of amides is 1. The maximum absolute atomic E-state index is 16.4. The minimum atomic E-state index is -5.05. The molecule has 1 aliphatic heterocycles. The van der Waals surface area contributed by atoms with Gasteiger partial charge >= 0.3 is 18.3 Å². The smallest absolute Gasteiger partial charge is 0.417 e. The van der Waals surface area contributed by atoms with Gasteiger partial charge in [-0.25, -0.2) is 18.6 Å². The standard InChI is InChI=1S/C30H28F5N5O3S/c1-14(20-7-6-10-40(20)5)42-27-37-13-15-11-18(30(33,34)35)22(23(32)24(15)38-27)16-8-9-19(31)25-21(16)17(12-36)26(44-25)39-28(41)43-29(2,3)4/h8-9,11,13-14,20H,6-7,10H2,1-5H3,(H,39,41)/t14-,20-/m0/s1. The van der Waals surface area contributed by atoms with Crippen LogP contribution >= 0.6 is 11.3 Å². The third kappa shape index (κ3) is 5.98. The lowest BCUT2D eigenvalue weighted by Crippen LogP contribution is -2.38. The number of halogens is 5. The molecule has 1 N–H and O–H groups in total. The third-order valence-electron chi connectivity index (χ3n) is 7.29. The molecule has 0 saturated carbocycles. The Balaban J connectivity index is 1.69. The van der Waals surface area contributed by atoms with Crippen molar-refractivity contribution in [2.45, 2.75) is 64.5 Å². The van der Waals surface area contributed by atoms with Crippen LogP contribution < -0.4 is 10.1 Å². The van der Waals surface area contributed by atoms with Crippen molar-refractivity contribution < 1.29 is 36.2 Å². The van der Waals surface area contributed by atoms with Crippen LogP contribution in [0.5, 0.6) is 6.01 Å². The molecule has 232 valence electrons. The van der Waals surface area contributed by atoms with Crippen LogP contribution in [-0.4, -0.2) is 52.3 Å². The van der Waals surface area contributed by atoms with Gasteiger partial charge in [-0.15, -0.1) is 11.3 Å². The second-order valence-corrected chi connectivity index (χ2v) is 12.6. The Morgan fingerprint density at radius 1 is 1.25 bits per heavy atom. The van der Waals surface area contributed by atoms with Crippen molar-refractivity contribution in [3.63, 3.8) is 0 Å². The lowest BCUT2D eigenvalue weighted by molar-refractivity contribution is -0.137. The van der Waals surface area contributed by atoms with Crippen LogP contribution in [0.1, 0.15) is 51.7 Å². The molecule has 0 radical (unpaired) electrons. The summed E-state index contributed by atoms with van der Waals surface area (Å²) in [6.45, 7) is 7.51. The Morgan fingerprint density at radius 2 is 1.98 bits per heavy atom. The molecule has 8 nitrogen and oxygen atoms in total. The normalized spacial score (nSPS) is 16.7. The first kappa shape index (κ1) is 31.3. The number of rotatable bonds is 5. The maximum Gasteiger partial charge on any atom is 0.417 e. The van der Waals surface area contributed by atoms with Crippen LogP contribution in [0.2, 0.25) is 0 Å². The highest BCUT2D eigenvalue weighted by Crippen LogP contribution is 2.47. The van der Waals surface area contributed by atoms with Crippen LogP contribution in [0.15, 0.2) is 24.4 Å². The summed E-state index contributed by atoms with van der Waals surface area (Å²) in [5, 5.41) is 11.7. The summed E-state index contributed by atoms with van der Waals surface area (Å²) in [4.78, 5) is 22.7. The number of fused-ring (bicyclic) bond motifs is 2. The van der Waals surface area contributed by atoms with E-state index in [1.54, 1.807) is 20.8 Å². The lowest BCUT2D eigenvalue weighted by atomic mass is 9.93. The van der Waals surface area contributed by atoms with Gasteiger partial charge in [0, 0.05) is 28.6 Å². The number of likely N-dealkylation sites (tertiary alicyclic amines) is 1. The topological polar surface area (TPSA) is 100 Å². The molecule has 0 spiro atoms. The molecular formula is C30H28F5N5O3S. The molecular weight excluding hydrogens is 605 g/mol. The monoisotopic (exact) mass is 633 g/mol. The Kier molecular flexibility index (Phi) is 8.15. The first-order valence-electron chi connectivity index (χ1n) is 13.7. The summed E-state index contributed by atoms with van der Waals surface area (Å²) in [7, 11) is 1.95. The fourth-order valence-corrected chi connectivity index (χ4v) is 6.48. The van der Waals surface area contributed by atoms with Crippen LogP contribution in [0.3, 0.4) is 0 Å². The molecule has 4 aromatic rings. The van der Waals surface area contributed by atoms with Gasteiger partial charge in [-0.3, -0.25) is 10.2 Å². The number of ether oxygens (including phenoxy) is 2. The van der Waals surface area contributed by atoms with Crippen molar-refractivity contribution in [3.05, 3.63) is 47.2 Å². The van der Waals surface area contributed by atoms with Crippen LogP contribution in [0, 0.1) is 23.0 Å². The molecule has 1 fully saturated rings. The largest absolute Gasteiger partial charge is 0.459 e. The Morgan fingerprint density at radius 3 is 2.59 bits per heavy atom. The van der Waals surface area contributed by atoms with Crippen LogP contribution in [0.4, 0.5) is 31.7 Å². The molecule has 2 aromatic heterocycles. The van der Waals surface area contributed by atoms with E-state index in [-0.39, 0.29) is 44.2 Å². The molecule has 5 rings (SSSR count). The summed E-state index contributed by atoms with van der Waals surface area (Å²) in [5.74, 6) is -2.22. The van der Waals surface area contributed by atoms with Crippen LogP contribution in [-0.2, 0) is 10.9 Å². The number of thiophene rings is 1. The number of alkyl halides is 3. The molecule has 14 heteroatoms. The molecule has 3 heterocycles. The number of likely N-dealkylation sites (N-methyl/N-ethyl adjacent to an activating group) is 1. The third-order valence-corrected chi connectivity index (χ3v) is 8.41. The predicted molar refractivity (Wildman–Crippen MR) is 156 cm³/mol. The van der Waals surface area contributed by atoms with Gasteiger partial charge in [0.1, 0.15) is 34.1 Å². The highest BCUT2D eigenvalue weighted by molar-refractivity contribution is 7.23. The van der Waals surface area contributed by atoms with Gasteiger partial charge in [0.15, 0.2) is 5.82 Å². The summed E-state index contributed by atoms with van der Waals surface area (Å²) in [6, 6.07) is 4.22. The zero-order chi connectivity index (χ0) is 32.1. The quantitative estimate of drug-likeness (QED) is 0.223. The Labute approximate surface area is 253 Å². The number of nitrogens with zero attached hydrogens (tertiary/aromatic N) is 4. The van der Waals surface area contributed by atoms with E-state index in [0.717, 1.165) is 37.7 Å². The van der Waals surface area contributed by atoms with E-state index in [0.29, 0.717) is 17.4 Å². The van der Waals surface area contributed by atoms with Gasteiger partial charge in [0.05, 0.1) is 15.8 Å². The molecule has 1 saturated heterocycles. The van der Waals surface area contributed by atoms with Crippen molar-refractivity contribution in [1.29, 1.82) is 5.26 Å². The number of nitrogens with one attached hydrogen (secondary N) is 1. The first-order chi connectivity index (χ1) is 20.6. The molecule has 44 heavy (non-hydrogen) atoms. The molecule has 1 aliphatic rings. The van der Waals surface area contributed by atoms with E-state index in [1.165, 1.54) is 0 Å². The fraction of sp³-hybridized carbons (Fsp3) is 0.400. The number of benzene rings is 2. The molecule has 0 aliphatic carbocycles. The minimum Gasteiger partial charge on any atom is -0.459 e. The van der Waals surface area contributed by atoms with Gasteiger partial charge in [-0.2, -0.15) is 23.4 Å². The second-order valence-electron chi connectivity index (χ2n) is 11.6. The predicted octanol–water partition coefficient (Wildman–Crippen LogP) is 7.89. The Bertz CT molecular complexity index is 1810. The van der Waals surface area contributed by atoms with E-state index < -0.39 is 51.7 Å². The van der Waals surface area contributed by atoms with Crippen LogP contribution in [0.25, 0.3) is 32.1 Å². The number of hydrogen-bond acceptors (Lipinski definition) is 8. The summed E-state index contributed by atoms with van der Waals surface area (Å²) < 4.78 is 85.6. The van der Waals surface area contributed by atoms with Crippen molar-refractivity contribution in [2.24, 2.45) is 0 Å². The summed E-state index contributed by atoms with van der Waals surface area (Å²) in [6.07, 6.45) is -3.50. The molecule has 0 bridgehead atoms. The minimum absolute atomic E-state index is 0.0567. The van der Waals surface area contributed by atoms with E-state index >= 15 is 8.78 Å².